The quantitative estimate of drug-likeness (QED) is 0.464. The van der Waals surface area contributed by atoms with Gasteiger partial charge in [-0.05, 0) is 12.1 Å². The molecule has 132 valence electrons. The van der Waals surface area contributed by atoms with Gasteiger partial charge in [-0.15, -0.1) is 11.8 Å². The van der Waals surface area contributed by atoms with Gasteiger partial charge >= 0.3 is 6.18 Å². The number of nitro benzene ring substituents is 1. The van der Waals surface area contributed by atoms with Gasteiger partial charge in [-0.25, -0.2) is 0 Å². The monoisotopic (exact) mass is 370 g/mol. The molecule has 1 amide bonds. The molecule has 0 saturated carbocycles. The number of anilines is 1. The van der Waals surface area contributed by atoms with Crippen LogP contribution < -0.4 is 5.32 Å². The standard InChI is InChI=1S/C16H13F3N2O3S/c17-16(18,19)10-25-14-8-4-2-6-12(14)20-15(22)9-11-5-1-3-7-13(11)21(23)24/h1-8H,9-10H2,(H,20,22). The van der Waals surface area contributed by atoms with Crippen LogP contribution in [0.3, 0.4) is 0 Å². The second-order valence-electron chi connectivity index (χ2n) is 5.01. The van der Waals surface area contributed by atoms with E-state index in [1.165, 1.54) is 30.3 Å². The molecule has 0 aromatic heterocycles. The predicted molar refractivity (Wildman–Crippen MR) is 88.7 cm³/mol. The van der Waals surface area contributed by atoms with Crippen molar-refractivity contribution in [2.24, 2.45) is 0 Å². The van der Waals surface area contributed by atoms with Crippen LogP contribution in [0.1, 0.15) is 5.56 Å². The third kappa shape index (κ3) is 5.79. The minimum atomic E-state index is -4.33. The molecule has 25 heavy (non-hydrogen) atoms. The van der Waals surface area contributed by atoms with Crippen LogP contribution in [0, 0.1) is 10.1 Å². The fraction of sp³-hybridized carbons (Fsp3) is 0.188. The maximum Gasteiger partial charge on any atom is 0.398 e. The maximum atomic E-state index is 12.4. The van der Waals surface area contributed by atoms with Gasteiger partial charge in [-0.3, -0.25) is 14.9 Å². The average molecular weight is 370 g/mol. The van der Waals surface area contributed by atoms with E-state index in [0.29, 0.717) is 11.8 Å². The van der Waals surface area contributed by atoms with Crippen LogP contribution in [0.4, 0.5) is 24.5 Å². The van der Waals surface area contributed by atoms with E-state index in [1.807, 2.05) is 0 Å². The Hall–Kier alpha value is -2.55. The normalized spacial score (nSPS) is 11.2. The Morgan fingerprint density at radius 3 is 2.44 bits per heavy atom. The van der Waals surface area contributed by atoms with E-state index in [1.54, 1.807) is 18.2 Å². The summed E-state index contributed by atoms with van der Waals surface area (Å²) < 4.78 is 37.1. The Balaban J connectivity index is 2.10. The molecule has 0 heterocycles. The zero-order valence-corrected chi connectivity index (χ0v) is 13.6. The number of halogens is 3. The summed E-state index contributed by atoms with van der Waals surface area (Å²) in [5.74, 6) is -1.63. The van der Waals surface area contributed by atoms with Gasteiger partial charge in [-0.1, -0.05) is 30.3 Å². The van der Waals surface area contributed by atoms with Crippen molar-refractivity contribution in [3.8, 4) is 0 Å². The SMILES string of the molecule is O=C(Cc1ccccc1[N+](=O)[O-])Nc1ccccc1SCC(F)(F)F. The number of carbonyl (C=O) groups is 1. The van der Waals surface area contributed by atoms with E-state index >= 15 is 0 Å². The van der Waals surface area contributed by atoms with Gasteiger partial charge in [0.25, 0.3) is 5.69 Å². The molecule has 0 bridgehead atoms. The van der Waals surface area contributed by atoms with Gasteiger partial charge < -0.3 is 5.32 Å². The molecule has 0 radical (unpaired) electrons. The zero-order chi connectivity index (χ0) is 18.4. The number of alkyl halides is 3. The molecule has 2 rings (SSSR count). The highest BCUT2D eigenvalue weighted by Crippen LogP contribution is 2.32. The molecule has 0 atom stereocenters. The van der Waals surface area contributed by atoms with E-state index in [2.05, 4.69) is 5.32 Å². The number of rotatable bonds is 6. The Kier molecular flexibility index (Phi) is 6.02. The van der Waals surface area contributed by atoms with E-state index in [9.17, 15) is 28.1 Å². The Labute approximate surface area is 145 Å². The first-order valence-electron chi connectivity index (χ1n) is 7.07. The van der Waals surface area contributed by atoms with E-state index < -0.39 is 22.8 Å². The average Bonchev–Trinajstić information content (AvgIpc) is 2.53. The van der Waals surface area contributed by atoms with E-state index in [-0.39, 0.29) is 28.3 Å². The summed E-state index contributed by atoms with van der Waals surface area (Å²) in [5, 5.41) is 13.5. The highest BCUT2D eigenvalue weighted by molar-refractivity contribution is 7.99. The number of benzene rings is 2. The molecule has 0 fully saturated rings. The largest absolute Gasteiger partial charge is 0.398 e. The van der Waals surface area contributed by atoms with Crippen molar-refractivity contribution < 1.29 is 22.9 Å². The summed E-state index contributed by atoms with van der Waals surface area (Å²) in [5.41, 5.74) is 0.281. The first kappa shape index (κ1) is 18.8. The first-order chi connectivity index (χ1) is 11.8. The highest BCUT2D eigenvalue weighted by atomic mass is 32.2. The van der Waals surface area contributed by atoms with Crippen LogP contribution in [0.15, 0.2) is 53.4 Å². The third-order valence-electron chi connectivity index (χ3n) is 3.09. The van der Waals surface area contributed by atoms with Gasteiger partial charge in [0, 0.05) is 16.5 Å². The van der Waals surface area contributed by atoms with Crippen molar-refractivity contribution >= 4 is 29.0 Å². The lowest BCUT2D eigenvalue weighted by Gasteiger charge is -2.12. The van der Waals surface area contributed by atoms with Crippen molar-refractivity contribution in [3.63, 3.8) is 0 Å². The molecule has 9 heteroatoms. The number of amides is 1. The lowest BCUT2D eigenvalue weighted by atomic mass is 10.1. The van der Waals surface area contributed by atoms with Crippen molar-refractivity contribution in [1.29, 1.82) is 0 Å². The summed E-state index contributed by atoms with van der Waals surface area (Å²) in [4.78, 5) is 22.8. The van der Waals surface area contributed by atoms with Crippen molar-refractivity contribution in [2.45, 2.75) is 17.5 Å². The second kappa shape index (κ2) is 8.02. The molecule has 2 aromatic carbocycles. The molecule has 0 aliphatic carbocycles. The van der Waals surface area contributed by atoms with E-state index in [0.717, 1.165) is 0 Å². The molecule has 5 nitrogen and oxygen atoms in total. The van der Waals surface area contributed by atoms with Crippen LogP contribution in [0.5, 0.6) is 0 Å². The lowest BCUT2D eigenvalue weighted by Crippen LogP contribution is -2.16. The molecular weight excluding hydrogens is 357 g/mol. The Morgan fingerprint density at radius 1 is 1.12 bits per heavy atom. The summed E-state index contributed by atoms with van der Waals surface area (Å²) >= 11 is 0.562. The number of nitro groups is 1. The Bertz CT molecular complexity index is 781. The molecule has 0 spiro atoms. The van der Waals surface area contributed by atoms with Crippen LogP contribution in [0.2, 0.25) is 0 Å². The number of nitrogens with one attached hydrogen (secondary N) is 1. The van der Waals surface area contributed by atoms with Crippen LogP contribution in [-0.2, 0) is 11.2 Å². The smallest absolute Gasteiger partial charge is 0.325 e. The van der Waals surface area contributed by atoms with Crippen LogP contribution in [-0.4, -0.2) is 22.8 Å². The molecule has 0 aliphatic rings. The fourth-order valence-corrected chi connectivity index (χ4v) is 2.83. The number of hydrogen-bond acceptors (Lipinski definition) is 4. The van der Waals surface area contributed by atoms with Crippen molar-refractivity contribution in [3.05, 3.63) is 64.2 Å². The predicted octanol–water partition coefficient (Wildman–Crippen LogP) is 4.43. The number of hydrogen-bond donors (Lipinski definition) is 1. The molecule has 0 saturated heterocycles. The minimum Gasteiger partial charge on any atom is -0.325 e. The van der Waals surface area contributed by atoms with Crippen LogP contribution >= 0.6 is 11.8 Å². The summed E-state index contributed by atoms with van der Waals surface area (Å²) in [6.07, 6.45) is -4.58. The maximum absolute atomic E-state index is 12.4. The third-order valence-corrected chi connectivity index (χ3v) is 4.23. The number of thioether (sulfide) groups is 1. The molecule has 0 unspecified atom stereocenters. The fourth-order valence-electron chi connectivity index (χ4n) is 2.06. The molecule has 1 N–H and O–H groups in total. The summed E-state index contributed by atoms with van der Waals surface area (Å²) in [6, 6.07) is 11.9. The number of carbonyl (C=O) groups excluding carboxylic acids is 1. The van der Waals surface area contributed by atoms with Gasteiger partial charge in [0.2, 0.25) is 5.91 Å². The number of nitrogens with zero attached hydrogens (tertiary/aromatic N) is 1. The molecule has 0 aliphatic heterocycles. The summed E-state index contributed by atoms with van der Waals surface area (Å²) in [7, 11) is 0. The Morgan fingerprint density at radius 2 is 1.76 bits per heavy atom. The summed E-state index contributed by atoms with van der Waals surface area (Å²) in [6.45, 7) is 0. The van der Waals surface area contributed by atoms with Crippen LogP contribution in [0.25, 0.3) is 0 Å². The van der Waals surface area contributed by atoms with Crippen molar-refractivity contribution in [1.82, 2.24) is 0 Å². The first-order valence-corrected chi connectivity index (χ1v) is 8.05. The highest BCUT2D eigenvalue weighted by Gasteiger charge is 2.27. The van der Waals surface area contributed by atoms with E-state index in [4.69, 9.17) is 0 Å². The molecule has 2 aromatic rings. The topological polar surface area (TPSA) is 72.2 Å². The number of para-hydroxylation sites is 2. The van der Waals surface area contributed by atoms with Gasteiger partial charge in [-0.2, -0.15) is 13.2 Å². The lowest BCUT2D eigenvalue weighted by molar-refractivity contribution is -0.385. The van der Waals surface area contributed by atoms with Gasteiger partial charge in [0.1, 0.15) is 0 Å². The minimum absolute atomic E-state index is 0.183. The van der Waals surface area contributed by atoms with Crippen molar-refractivity contribution in [2.75, 3.05) is 11.1 Å². The zero-order valence-electron chi connectivity index (χ0n) is 12.7. The second-order valence-corrected chi connectivity index (χ2v) is 6.03. The molecular formula is C16H13F3N2O3S. The van der Waals surface area contributed by atoms with Gasteiger partial charge in [0.15, 0.2) is 0 Å². The van der Waals surface area contributed by atoms with Gasteiger partial charge in [0.05, 0.1) is 22.8 Å².